The van der Waals surface area contributed by atoms with E-state index in [4.69, 9.17) is 14.0 Å². The number of ether oxygens (including phenoxy) is 1. The normalized spacial score (nSPS) is 19.4. The number of benzene rings is 1. The van der Waals surface area contributed by atoms with Crippen LogP contribution in [0.3, 0.4) is 0 Å². The summed E-state index contributed by atoms with van der Waals surface area (Å²) in [5.41, 5.74) is 1.33. The SMILES string of the molecule is COC(=O)Cc1ccccc1C=C(CO)B1OC(C)(C)C(C)(C)O1. The fraction of sp³-hybridized carbons (Fsp3) is 0.500. The smallest absolute Gasteiger partial charge is 0.469 e. The summed E-state index contributed by atoms with van der Waals surface area (Å²) in [6, 6.07) is 7.50. The molecule has 24 heavy (non-hydrogen) atoms. The number of aliphatic hydroxyl groups excluding tert-OH is 1. The molecule has 0 radical (unpaired) electrons. The predicted octanol–water partition coefficient (Wildman–Crippen LogP) is 2.41. The van der Waals surface area contributed by atoms with E-state index in [9.17, 15) is 9.90 Å². The van der Waals surface area contributed by atoms with E-state index in [1.54, 1.807) is 0 Å². The Kier molecular flexibility index (Phi) is 5.53. The lowest BCUT2D eigenvalue weighted by atomic mass is 9.77. The highest BCUT2D eigenvalue weighted by molar-refractivity contribution is 6.55. The van der Waals surface area contributed by atoms with E-state index in [-0.39, 0.29) is 19.0 Å². The van der Waals surface area contributed by atoms with Gasteiger partial charge in [-0.25, -0.2) is 0 Å². The number of esters is 1. The molecule has 1 N–H and O–H groups in total. The zero-order valence-corrected chi connectivity index (χ0v) is 15.0. The third-order valence-electron chi connectivity index (χ3n) is 4.70. The van der Waals surface area contributed by atoms with Gasteiger partial charge in [0, 0.05) is 0 Å². The first-order valence-electron chi connectivity index (χ1n) is 8.02. The molecule has 1 saturated heterocycles. The molecule has 0 bridgehead atoms. The first kappa shape index (κ1) is 18.7. The molecule has 0 aliphatic carbocycles. The standard InChI is InChI=1S/C18H25BO5/c1-17(2)18(3,4)24-19(23-17)15(12-20)10-13-8-6-7-9-14(13)11-16(21)22-5/h6-10,20H,11-12H2,1-5H3. The summed E-state index contributed by atoms with van der Waals surface area (Å²) in [6.45, 7) is 7.67. The minimum Gasteiger partial charge on any atom is -0.469 e. The Morgan fingerprint density at radius 2 is 1.79 bits per heavy atom. The van der Waals surface area contributed by atoms with Crippen LogP contribution in [0.4, 0.5) is 0 Å². The van der Waals surface area contributed by atoms with E-state index in [0.29, 0.717) is 5.47 Å². The lowest BCUT2D eigenvalue weighted by molar-refractivity contribution is -0.139. The summed E-state index contributed by atoms with van der Waals surface area (Å²) in [5, 5.41) is 9.79. The van der Waals surface area contributed by atoms with E-state index in [1.165, 1.54) is 7.11 Å². The van der Waals surface area contributed by atoms with Crippen molar-refractivity contribution in [3.05, 3.63) is 40.9 Å². The molecule has 0 saturated carbocycles. The van der Waals surface area contributed by atoms with E-state index in [2.05, 4.69) is 0 Å². The molecule has 1 fully saturated rings. The van der Waals surface area contributed by atoms with Crippen LogP contribution in [0.1, 0.15) is 38.8 Å². The number of carbonyl (C=O) groups is 1. The summed E-state index contributed by atoms with van der Waals surface area (Å²) >= 11 is 0. The Balaban J connectivity index is 2.31. The Morgan fingerprint density at radius 1 is 1.21 bits per heavy atom. The predicted molar refractivity (Wildman–Crippen MR) is 93.3 cm³/mol. The molecular weight excluding hydrogens is 307 g/mol. The van der Waals surface area contributed by atoms with Crippen molar-refractivity contribution in [2.45, 2.75) is 45.3 Å². The second kappa shape index (κ2) is 7.09. The number of rotatable bonds is 5. The van der Waals surface area contributed by atoms with Gasteiger partial charge < -0.3 is 19.2 Å². The zero-order chi connectivity index (χ0) is 18.0. The molecule has 5 nitrogen and oxygen atoms in total. The fourth-order valence-corrected chi connectivity index (χ4v) is 2.45. The van der Waals surface area contributed by atoms with Gasteiger partial charge in [-0.15, -0.1) is 0 Å². The quantitative estimate of drug-likeness (QED) is 0.663. The topological polar surface area (TPSA) is 65.0 Å². The van der Waals surface area contributed by atoms with Crippen molar-refractivity contribution in [2.24, 2.45) is 0 Å². The van der Waals surface area contributed by atoms with Crippen LogP contribution < -0.4 is 0 Å². The van der Waals surface area contributed by atoms with Crippen molar-refractivity contribution in [3.63, 3.8) is 0 Å². The van der Waals surface area contributed by atoms with Crippen molar-refractivity contribution < 1.29 is 23.9 Å². The van der Waals surface area contributed by atoms with Crippen LogP contribution in [-0.4, -0.2) is 43.1 Å². The number of methoxy groups -OCH3 is 1. The number of carbonyl (C=O) groups excluding carboxylic acids is 1. The maximum absolute atomic E-state index is 11.6. The van der Waals surface area contributed by atoms with Crippen molar-refractivity contribution in [2.75, 3.05) is 13.7 Å². The highest BCUT2D eigenvalue weighted by Gasteiger charge is 2.52. The van der Waals surface area contributed by atoms with Crippen LogP contribution in [-0.2, 0) is 25.3 Å². The molecule has 1 aromatic rings. The molecule has 0 unspecified atom stereocenters. The lowest BCUT2D eigenvalue weighted by Crippen LogP contribution is -2.41. The lowest BCUT2D eigenvalue weighted by Gasteiger charge is -2.32. The number of aliphatic hydroxyl groups is 1. The average molecular weight is 332 g/mol. The second-order valence-corrected chi connectivity index (χ2v) is 6.92. The Hall–Kier alpha value is -1.63. The minimum absolute atomic E-state index is 0.172. The van der Waals surface area contributed by atoms with E-state index >= 15 is 0 Å². The number of hydrogen-bond donors (Lipinski definition) is 1. The minimum atomic E-state index is -0.619. The van der Waals surface area contributed by atoms with Crippen molar-refractivity contribution in [3.8, 4) is 0 Å². The molecule has 1 heterocycles. The van der Waals surface area contributed by atoms with Gasteiger partial charge in [-0.3, -0.25) is 4.79 Å². The Bertz CT molecular complexity index is 620. The molecule has 1 aliphatic rings. The molecule has 0 aromatic heterocycles. The van der Waals surface area contributed by atoms with E-state index in [1.807, 2.05) is 58.0 Å². The van der Waals surface area contributed by atoms with Gasteiger partial charge in [0.15, 0.2) is 0 Å². The van der Waals surface area contributed by atoms with Crippen molar-refractivity contribution in [1.29, 1.82) is 0 Å². The highest BCUT2D eigenvalue weighted by atomic mass is 16.7. The molecule has 6 heteroatoms. The second-order valence-electron chi connectivity index (χ2n) is 6.92. The highest BCUT2D eigenvalue weighted by Crippen LogP contribution is 2.38. The van der Waals surface area contributed by atoms with Gasteiger partial charge in [0.1, 0.15) is 0 Å². The number of hydrogen-bond acceptors (Lipinski definition) is 5. The van der Waals surface area contributed by atoms with Gasteiger partial charge in [0.2, 0.25) is 0 Å². The first-order valence-corrected chi connectivity index (χ1v) is 8.02. The fourth-order valence-electron chi connectivity index (χ4n) is 2.45. The summed E-state index contributed by atoms with van der Waals surface area (Å²) in [4.78, 5) is 11.6. The van der Waals surface area contributed by atoms with Crippen LogP contribution in [0, 0.1) is 0 Å². The summed E-state index contributed by atoms with van der Waals surface area (Å²) in [5.74, 6) is -0.308. The Labute approximate surface area is 143 Å². The van der Waals surface area contributed by atoms with E-state index in [0.717, 1.165) is 11.1 Å². The van der Waals surface area contributed by atoms with Crippen molar-refractivity contribution >= 4 is 19.2 Å². The first-order chi connectivity index (χ1) is 11.2. The Morgan fingerprint density at radius 3 is 2.33 bits per heavy atom. The van der Waals surface area contributed by atoms with Gasteiger partial charge in [0.25, 0.3) is 0 Å². The van der Waals surface area contributed by atoms with Crippen LogP contribution in [0.5, 0.6) is 0 Å². The van der Waals surface area contributed by atoms with Crippen molar-refractivity contribution in [1.82, 2.24) is 0 Å². The molecule has 2 rings (SSSR count). The summed E-state index contributed by atoms with van der Waals surface area (Å²) in [6.07, 6.45) is 1.99. The summed E-state index contributed by atoms with van der Waals surface area (Å²) in [7, 11) is 0.746. The molecule has 1 aliphatic heterocycles. The maximum Gasteiger partial charge on any atom is 0.492 e. The summed E-state index contributed by atoms with van der Waals surface area (Å²) < 4.78 is 16.7. The molecule has 0 atom stereocenters. The third-order valence-corrected chi connectivity index (χ3v) is 4.70. The van der Waals surface area contributed by atoms with Gasteiger partial charge in [-0.05, 0) is 44.3 Å². The van der Waals surface area contributed by atoms with Gasteiger partial charge in [0.05, 0.1) is 31.3 Å². The zero-order valence-electron chi connectivity index (χ0n) is 15.0. The van der Waals surface area contributed by atoms with Crippen LogP contribution in [0.15, 0.2) is 29.7 Å². The molecule has 0 amide bonds. The third kappa shape index (κ3) is 3.88. The molecular formula is C18H25BO5. The van der Waals surface area contributed by atoms with Gasteiger partial charge >= 0.3 is 13.1 Å². The van der Waals surface area contributed by atoms with Gasteiger partial charge in [-0.1, -0.05) is 30.3 Å². The monoisotopic (exact) mass is 332 g/mol. The largest absolute Gasteiger partial charge is 0.492 e. The molecule has 0 spiro atoms. The van der Waals surface area contributed by atoms with Crippen LogP contribution >= 0.6 is 0 Å². The van der Waals surface area contributed by atoms with E-state index < -0.39 is 18.3 Å². The van der Waals surface area contributed by atoms with Crippen LogP contribution in [0.2, 0.25) is 0 Å². The maximum atomic E-state index is 11.6. The average Bonchev–Trinajstić information content (AvgIpc) is 2.74. The van der Waals surface area contributed by atoms with Crippen LogP contribution in [0.25, 0.3) is 6.08 Å². The molecule has 130 valence electrons. The molecule has 1 aromatic carbocycles. The van der Waals surface area contributed by atoms with Gasteiger partial charge in [-0.2, -0.15) is 0 Å².